The van der Waals surface area contributed by atoms with E-state index in [1.165, 1.54) is 14.2 Å². The van der Waals surface area contributed by atoms with E-state index < -0.39 is 11.9 Å². The summed E-state index contributed by atoms with van der Waals surface area (Å²) in [5.41, 5.74) is 6.49. The van der Waals surface area contributed by atoms with Crippen LogP contribution in [0.2, 0.25) is 0 Å². The van der Waals surface area contributed by atoms with Crippen LogP contribution >= 0.6 is 0 Å². The van der Waals surface area contributed by atoms with Crippen molar-refractivity contribution in [1.82, 2.24) is 0 Å². The van der Waals surface area contributed by atoms with Gasteiger partial charge in [-0.3, -0.25) is 4.79 Å². The molecule has 17 nitrogen and oxygen atoms in total. The Morgan fingerprint density at radius 3 is 1.33 bits per heavy atom. The predicted octanol–water partition coefficient (Wildman–Crippen LogP) is 7.28. The van der Waals surface area contributed by atoms with Crippen LogP contribution < -0.4 is 47.4 Å². The number of aldehydes is 1. The van der Waals surface area contributed by atoms with E-state index in [0.717, 1.165) is 77.8 Å². The van der Waals surface area contributed by atoms with Crippen LogP contribution in [0.4, 0.5) is 0 Å². The number of carbonyl (C=O) groups excluding carboxylic acids is 3. The van der Waals surface area contributed by atoms with Crippen LogP contribution in [0.5, 0.6) is 57.5 Å². The lowest BCUT2D eigenvalue weighted by molar-refractivity contribution is -0.941. The molecule has 0 bridgehead atoms. The van der Waals surface area contributed by atoms with E-state index in [9.17, 15) is 14.4 Å². The summed E-state index contributed by atoms with van der Waals surface area (Å²) >= 11 is 0. The van der Waals surface area contributed by atoms with Crippen molar-refractivity contribution in [2.24, 2.45) is 0 Å². The fourth-order valence-electron chi connectivity index (χ4n) is 10.6. The number of likely N-dealkylation sites (N-methyl/N-ethyl adjacent to an activating group) is 2. The maximum Gasteiger partial charge on any atom is 0.331 e. The topological polar surface area (TPSA) is 162 Å². The highest BCUT2D eigenvalue weighted by Crippen LogP contribution is 2.52. The standard InChI is InChI=1S/C55H72N2O15/c1-56(23-19-37-32-45(64-6)52(67-9)54(69-11)49(37)40(56)28-35-15-16-42(61-3)43(30-35)62-4)21-13-25-71-47(59)17-18-48(60)72-26-14-22-57(2)24-20-38-33-46(65-7)53(68-10)55(70-12)50(38)41(57)29-36-27-39(34-58)51(66-8)44(31-36)63-5/h15-18,27,30-34,40-41H,13-14,19-26,28-29H2,1-12H3/q+2/b18-17+. The van der Waals surface area contributed by atoms with E-state index >= 15 is 0 Å². The van der Waals surface area contributed by atoms with Gasteiger partial charge in [-0.05, 0) is 58.7 Å². The van der Waals surface area contributed by atoms with Crippen LogP contribution in [-0.2, 0) is 44.7 Å². The van der Waals surface area contributed by atoms with Crippen LogP contribution in [0.3, 0.4) is 0 Å². The minimum Gasteiger partial charge on any atom is -0.493 e. The maximum atomic E-state index is 13.0. The molecule has 0 spiro atoms. The fourth-order valence-corrected chi connectivity index (χ4v) is 10.6. The molecular weight excluding hydrogens is 929 g/mol. The van der Waals surface area contributed by atoms with Gasteiger partial charge in [0.05, 0.1) is 141 Å². The summed E-state index contributed by atoms with van der Waals surface area (Å²) in [7, 11) is 20.3. The van der Waals surface area contributed by atoms with Gasteiger partial charge >= 0.3 is 11.9 Å². The molecular formula is C55H72N2O15+2. The summed E-state index contributed by atoms with van der Waals surface area (Å²) in [5, 5.41) is 0. The van der Waals surface area contributed by atoms with Gasteiger partial charge in [0.2, 0.25) is 11.5 Å². The van der Waals surface area contributed by atoms with Crippen molar-refractivity contribution in [1.29, 1.82) is 0 Å². The Kier molecular flexibility index (Phi) is 18.6. The zero-order chi connectivity index (χ0) is 52.2. The fraction of sp³-hybridized carbons (Fsp3) is 0.473. The van der Waals surface area contributed by atoms with Crippen molar-refractivity contribution in [2.45, 2.75) is 50.6 Å². The van der Waals surface area contributed by atoms with Crippen LogP contribution in [0.15, 0.2) is 54.6 Å². The van der Waals surface area contributed by atoms with E-state index in [-0.39, 0.29) is 25.3 Å². The average Bonchev–Trinajstić information content (AvgIpc) is 3.40. The molecule has 0 aromatic heterocycles. The summed E-state index contributed by atoms with van der Waals surface area (Å²) in [4.78, 5) is 38.1. The number of rotatable bonds is 25. The third-order valence-electron chi connectivity index (χ3n) is 14.3. The number of benzene rings is 4. The zero-order valence-electron chi connectivity index (χ0n) is 43.9. The maximum absolute atomic E-state index is 13.0. The van der Waals surface area contributed by atoms with E-state index in [2.05, 4.69) is 14.1 Å². The van der Waals surface area contributed by atoms with Crippen LogP contribution in [0, 0.1) is 0 Å². The quantitative estimate of drug-likeness (QED) is 0.0214. The van der Waals surface area contributed by atoms with Crippen molar-refractivity contribution in [3.8, 4) is 57.5 Å². The second-order valence-electron chi connectivity index (χ2n) is 18.3. The van der Waals surface area contributed by atoms with Crippen molar-refractivity contribution in [3.05, 3.63) is 93.6 Å². The van der Waals surface area contributed by atoms with Crippen molar-refractivity contribution in [3.63, 3.8) is 0 Å². The lowest BCUT2D eigenvalue weighted by atomic mass is 9.85. The Morgan fingerprint density at radius 1 is 0.500 bits per heavy atom. The van der Waals surface area contributed by atoms with Gasteiger partial charge in [0.1, 0.15) is 12.1 Å². The molecule has 2 aliphatic rings. The minimum absolute atomic E-state index is 0.0715. The van der Waals surface area contributed by atoms with Gasteiger partial charge in [-0.1, -0.05) is 6.07 Å². The number of carbonyl (C=O) groups is 3. The molecule has 4 atom stereocenters. The first-order valence-corrected chi connectivity index (χ1v) is 24.0. The molecule has 4 aromatic carbocycles. The van der Waals surface area contributed by atoms with Crippen molar-refractivity contribution < 1.29 is 80.2 Å². The largest absolute Gasteiger partial charge is 0.493 e. The second kappa shape index (κ2) is 24.5. The number of esters is 2. The van der Waals surface area contributed by atoms with Gasteiger partial charge in [0.15, 0.2) is 52.3 Å². The van der Waals surface area contributed by atoms with Crippen LogP contribution in [0.25, 0.3) is 0 Å². The number of hydrogen-bond donors (Lipinski definition) is 0. The molecule has 0 saturated heterocycles. The summed E-state index contributed by atoms with van der Waals surface area (Å²) in [6, 6.07) is 13.4. The summed E-state index contributed by atoms with van der Waals surface area (Å²) in [6.45, 7) is 3.14. The molecule has 0 amide bonds. The zero-order valence-corrected chi connectivity index (χ0v) is 43.9. The first kappa shape index (κ1) is 54.5. The molecule has 0 radical (unpaired) electrons. The lowest BCUT2D eigenvalue weighted by Crippen LogP contribution is -2.53. The summed E-state index contributed by atoms with van der Waals surface area (Å²) < 4.78 is 69.9. The Labute approximate surface area is 423 Å². The van der Waals surface area contributed by atoms with E-state index in [1.54, 1.807) is 56.9 Å². The number of fused-ring (bicyclic) bond motifs is 2. The van der Waals surface area contributed by atoms with Gasteiger partial charge in [0, 0.05) is 50.7 Å². The molecule has 4 aromatic rings. The number of hydrogen-bond acceptors (Lipinski definition) is 15. The van der Waals surface area contributed by atoms with E-state index in [4.69, 9.17) is 56.8 Å². The molecule has 4 unspecified atom stereocenters. The smallest absolute Gasteiger partial charge is 0.331 e. The van der Waals surface area contributed by atoms with E-state index in [0.29, 0.717) is 111 Å². The SMILES string of the molecule is COc1ccc(CC2c3c(cc(OC)c(OC)c3OC)CC[N+]2(C)CCCOC(=O)/C=C/C(=O)OCCC[N+]2(C)CCc3cc(OC)c(OC)c(OC)c3C2Cc2cc(C=O)c(OC)c(OC)c2)cc1OC. The van der Waals surface area contributed by atoms with Gasteiger partial charge in [-0.2, -0.15) is 0 Å². The molecule has 2 aliphatic heterocycles. The van der Waals surface area contributed by atoms with Crippen LogP contribution in [0.1, 0.15) is 68.7 Å². The molecule has 0 aliphatic carbocycles. The molecule has 72 heavy (non-hydrogen) atoms. The lowest BCUT2D eigenvalue weighted by Gasteiger charge is -2.46. The monoisotopic (exact) mass is 1000 g/mol. The molecule has 0 N–H and O–H groups in total. The second-order valence-corrected chi connectivity index (χ2v) is 18.3. The van der Waals surface area contributed by atoms with Gasteiger partial charge in [-0.15, -0.1) is 0 Å². The van der Waals surface area contributed by atoms with Crippen molar-refractivity contribution in [2.75, 3.05) is 125 Å². The Hall–Kier alpha value is -6.85. The minimum atomic E-state index is -0.649. The highest BCUT2D eigenvalue weighted by atomic mass is 16.6. The molecule has 390 valence electrons. The van der Waals surface area contributed by atoms with Crippen LogP contribution in [-0.4, -0.2) is 152 Å². The average molecular weight is 1000 g/mol. The normalized spacial score (nSPS) is 19.0. The Morgan fingerprint density at radius 2 is 0.917 bits per heavy atom. The number of quaternary nitrogens is 2. The molecule has 0 fully saturated rings. The van der Waals surface area contributed by atoms with Crippen molar-refractivity contribution >= 4 is 18.2 Å². The number of methoxy groups -OCH3 is 10. The first-order chi connectivity index (χ1) is 34.7. The molecule has 6 rings (SSSR count). The molecule has 0 saturated carbocycles. The molecule has 17 heteroatoms. The van der Waals surface area contributed by atoms with Gasteiger partial charge in [0.25, 0.3) is 0 Å². The first-order valence-electron chi connectivity index (χ1n) is 24.0. The predicted molar refractivity (Wildman–Crippen MR) is 269 cm³/mol. The number of nitrogens with zero attached hydrogens (tertiary/aromatic N) is 2. The third kappa shape index (κ3) is 11.6. The van der Waals surface area contributed by atoms with Gasteiger partial charge < -0.3 is 65.8 Å². The Bertz CT molecular complexity index is 2600. The summed E-state index contributed by atoms with van der Waals surface area (Å²) in [6.07, 6.45) is 6.70. The third-order valence-corrected chi connectivity index (χ3v) is 14.3. The number of ether oxygens (including phenoxy) is 12. The highest BCUT2D eigenvalue weighted by molar-refractivity contribution is 5.91. The van der Waals surface area contributed by atoms with E-state index in [1.807, 2.05) is 42.5 Å². The summed E-state index contributed by atoms with van der Waals surface area (Å²) in [5.74, 6) is 4.22. The van der Waals surface area contributed by atoms with Gasteiger partial charge in [-0.25, -0.2) is 9.59 Å². The molecule has 2 heterocycles. The highest BCUT2D eigenvalue weighted by Gasteiger charge is 2.44. The Balaban J connectivity index is 1.10.